The molecule has 1 aromatic heterocycles. The first-order chi connectivity index (χ1) is 15.3. The zero-order valence-electron chi connectivity index (χ0n) is 19.1. The molecule has 0 radical (unpaired) electrons. The van der Waals surface area contributed by atoms with Crippen LogP contribution in [0.4, 0.5) is 29.2 Å². The summed E-state index contributed by atoms with van der Waals surface area (Å²) >= 11 is 0. The van der Waals surface area contributed by atoms with Crippen LogP contribution in [0.1, 0.15) is 57.7 Å². The molecular formula is C23H29F4N5O. The molecule has 3 atom stereocenters. The molecule has 1 fully saturated rings. The zero-order chi connectivity index (χ0) is 24.6. The first kappa shape index (κ1) is 24.7. The minimum absolute atomic E-state index is 0.0285. The van der Waals surface area contributed by atoms with Gasteiger partial charge in [-0.25, -0.2) is 9.97 Å². The smallest absolute Gasteiger partial charge is 0.368 e. The van der Waals surface area contributed by atoms with Crippen LogP contribution in [0.15, 0.2) is 30.6 Å². The molecule has 1 saturated heterocycles. The number of primary amides is 1. The lowest BCUT2D eigenvalue weighted by Gasteiger charge is -2.30. The summed E-state index contributed by atoms with van der Waals surface area (Å²) in [6, 6.07) is 3.73. The van der Waals surface area contributed by atoms with Gasteiger partial charge in [0.2, 0.25) is 11.7 Å². The molecule has 0 bridgehead atoms. The number of carbonyl (C=O) groups is 1. The number of hydrogen-bond donors (Lipinski definition) is 2. The Labute approximate surface area is 190 Å². The number of rotatable bonds is 6. The topological polar surface area (TPSA) is 84.1 Å². The molecule has 3 unspecified atom stereocenters. The standard InChI is InChI=1S/C23H29F4N5O/c1-13-9-10-32(18(13)14-5-7-15(8-6-14)23(25,26)27)21-17(24)20(29-12-30-21)31-16(19(28)33)11-22(2,3)4/h5-8,12-13,16,18H,9-11H2,1-4H3,(H2,28,33)(H,29,30,31). The molecule has 3 N–H and O–H groups in total. The Kier molecular flexibility index (Phi) is 6.85. The molecule has 6 nitrogen and oxygen atoms in total. The normalized spacial score (nSPS) is 20.1. The summed E-state index contributed by atoms with van der Waals surface area (Å²) in [5.74, 6) is -1.41. The Bertz CT molecular complexity index is 988. The molecule has 33 heavy (non-hydrogen) atoms. The fourth-order valence-corrected chi connectivity index (χ4v) is 4.22. The van der Waals surface area contributed by atoms with Gasteiger partial charge < -0.3 is 16.0 Å². The molecule has 1 amide bonds. The third-order valence-corrected chi connectivity index (χ3v) is 5.79. The Balaban J connectivity index is 1.91. The Morgan fingerprint density at radius 2 is 1.85 bits per heavy atom. The van der Waals surface area contributed by atoms with Crippen molar-refractivity contribution in [2.45, 2.75) is 58.8 Å². The van der Waals surface area contributed by atoms with E-state index in [0.717, 1.165) is 12.1 Å². The van der Waals surface area contributed by atoms with Crippen LogP contribution in [0.25, 0.3) is 0 Å². The maximum Gasteiger partial charge on any atom is 0.416 e. The lowest BCUT2D eigenvalue weighted by atomic mass is 9.88. The maximum absolute atomic E-state index is 15.5. The van der Waals surface area contributed by atoms with E-state index < -0.39 is 29.5 Å². The average Bonchev–Trinajstić information content (AvgIpc) is 3.08. The summed E-state index contributed by atoms with van der Waals surface area (Å²) in [6.45, 7) is 8.25. The van der Waals surface area contributed by atoms with Crippen molar-refractivity contribution in [2.24, 2.45) is 17.1 Å². The largest absolute Gasteiger partial charge is 0.416 e. The van der Waals surface area contributed by atoms with Crippen LogP contribution in [0.5, 0.6) is 0 Å². The summed E-state index contributed by atoms with van der Waals surface area (Å²) in [5.41, 5.74) is 5.17. The van der Waals surface area contributed by atoms with E-state index in [-0.39, 0.29) is 29.0 Å². The van der Waals surface area contributed by atoms with Crippen LogP contribution >= 0.6 is 0 Å². The SMILES string of the molecule is CC1CCN(c2ncnc(NC(CC(C)(C)C)C(N)=O)c2F)C1c1ccc(C(F)(F)F)cc1. The number of anilines is 2. The van der Waals surface area contributed by atoms with Gasteiger partial charge in [0.15, 0.2) is 11.6 Å². The minimum Gasteiger partial charge on any atom is -0.368 e. The number of amides is 1. The van der Waals surface area contributed by atoms with E-state index >= 15 is 4.39 Å². The van der Waals surface area contributed by atoms with Gasteiger partial charge in [0.1, 0.15) is 12.4 Å². The fourth-order valence-electron chi connectivity index (χ4n) is 4.22. The highest BCUT2D eigenvalue weighted by Crippen LogP contribution is 2.42. The third kappa shape index (κ3) is 5.72. The van der Waals surface area contributed by atoms with E-state index in [0.29, 0.717) is 24.9 Å². The van der Waals surface area contributed by atoms with Crippen molar-refractivity contribution in [3.8, 4) is 0 Å². The average molecular weight is 468 g/mol. The van der Waals surface area contributed by atoms with Crippen LogP contribution in [0.2, 0.25) is 0 Å². The predicted molar refractivity (Wildman–Crippen MR) is 118 cm³/mol. The summed E-state index contributed by atoms with van der Waals surface area (Å²) < 4.78 is 54.4. The van der Waals surface area contributed by atoms with Gasteiger partial charge in [0.25, 0.3) is 0 Å². The monoisotopic (exact) mass is 467 g/mol. The molecule has 1 aromatic carbocycles. The minimum atomic E-state index is -4.43. The van der Waals surface area contributed by atoms with Gasteiger partial charge in [-0.15, -0.1) is 0 Å². The highest BCUT2D eigenvalue weighted by molar-refractivity contribution is 5.82. The van der Waals surface area contributed by atoms with Gasteiger partial charge in [-0.1, -0.05) is 39.8 Å². The predicted octanol–water partition coefficient (Wildman–Crippen LogP) is 4.92. The van der Waals surface area contributed by atoms with Crippen LogP contribution in [0, 0.1) is 17.2 Å². The number of nitrogens with two attached hydrogens (primary N) is 1. The number of carbonyl (C=O) groups excluding carboxylic acids is 1. The second-order valence-electron chi connectivity index (χ2n) is 9.75. The Hall–Kier alpha value is -2.91. The van der Waals surface area contributed by atoms with Gasteiger partial charge in [-0.2, -0.15) is 17.6 Å². The van der Waals surface area contributed by atoms with Crippen molar-refractivity contribution < 1.29 is 22.4 Å². The molecular weight excluding hydrogens is 438 g/mol. The molecule has 2 aromatic rings. The van der Waals surface area contributed by atoms with Crippen molar-refractivity contribution in [2.75, 3.05) is 16.8 Å². The first-order valence-electron chi connectivity index (χ1n) is 10.8. The van der Waals surface area contributed by atoms with E-state index in [1.54, 1.807) is 4.90 Å². The summed E-state index contributed by atoms with van der Waals surface area (Å²) in [7, 11) is 0. The van der Waals surface area contributed by atoms with Crippen molar-refractivity contribution >= 4 is 17.5 Å². The molecule has 10 heteroatoms. The van der Waals surface area contributed by atoms with Gasteiger partial charge in [-0.05, 0) is 41.9 Å². The van der Waals surface area contributed by atoms with E-state index in [1.165, 1.54) is 18.5 Å². The van der Waals surface area contributed by atoms with Gasteiger partial charge in [0, 0.05) is 6.54 Å². The highest BCUT2D eigenvalue weighted by atomic mass is 19.4. The molecule has 1 aliphatic rings. The van der Waals surface area contributed by atoms with Crippen LogP contribution in [0.3, 0.4) is 0 Å². The van der Waals surface area contributed by atoms with E-state index in [1.807, 2.05) is 27.7 Å². The number of aromatic nitrogens is 2. The number of nitrogens with one attached hydrogen (secondary N) is 1. The number of benzene rings is 1. The molecule has 0 spiro atoms. The van der Waals surface area contributed by atoms with Crippen LogP contribution < -0.4 is 16.0 Å². The molecule has 2 heterocycles. The Morgan fingerprint density at radius 1 is 1.21 bits per heavy atom. The van der Waals surface area contributed by atoms with Crippen LogP contribution in [-0.2, 0) is 11.0 Å². The fraction of sp³-hybridized carbons (Fsp3) is 0.522. The van der Waals surface area contributed by atoms with Gasteiger partial charge in [-0.3, -0.25) is 4.79 Å². The van der Waals surface area contributed by atoms with Gasteiger partial charge in [0.05, 0.1) is 11.6 Å². The molecule has 1 aliphatic heterocycles. The summed E-state index contributed by atoms with van der Waals surface area (Å²) in [4.78, 5) is 21.7. The quantitative estimate of drug-likeness (QED) is 0.589. The molecule has 3 rings (SSSR count). The number of nitrogens with zero attached hydrogens (tertiary/aromatic N) is 3. The summed E-state index contributed by atoms with van der Waals surface area (Å²) in [5, 5.41) is 2.80. The second-order valence-corrected chi connectivity index (χ2v) is 9.75. The lowest BCUT2D eigenvalue weighted by molar-refractivity contribution is -0.137. The Morgan fingerprint density at radius 3 is 2.39 bits per heavy atom. The van der Waals surface area contributed by atoms with Crippen LogP contribution in [-0.4, -0.2) is 28.5 Å². The number of halogens is 4. The number of alkyl halides is 3. The maximum atomic E-state index is 15.5. The van der Waals surface area contributed by atoms with E-state index in [2.05, 4.69) is 15.3 Å². The second kappa shape index (κ2) is 9.15. The van der Waals surface area contributed by atoms with E-state index in [9.17, 15) is 18.0 Å². The van der Waals surface area contributed by atoms with Gasteiger partial charge >= 0.3 is 6.18 Å². The summed E-state index contributed by atoms with van der Waals surface area (Å²) in [6.07, 6.45) is -2.15. The number of hydrogen-bond acceptors (Lipinski definition) is 5. The molecule has 180 valence electrons. The third-order valence-electron chi connectivity index (χ3n) is 5.79. The van der Waals surface area contributed by atoms with Crippen molar-refractivity contribution in [3.63, 3.8) is 0 Å². The molecule has 0 saturated carbocycles. The van der Waals surface area contributed by atoms with Crippen molar-refractivity contribution in [1.29, 1.82) is 0 Å². The van der Waals surface area contributed by atoms with E-state index in [4.69, 9.17) is 5.73 Å². The van der Waals surface area contributed by atoms with Crippen molar-refractivity contribution in [3.05, 3.63) is 47.5 Å². The first-order valence-corrected chi connectivity index (χ1v) is 10.8. The zero-order valence-corrected chi connectivity index (χ0v) is 19.1. The lowest BCUT2D eigenvalue weighted by Crippen LogP contribution is -2.39. The highest BCUT2D eigenvalue weighted by Gasteiger charge is 2.37. The van der Waals surface area contributed by atoms with Crippen molar-refractivity contribution in [1.82, 2.24) is 9.97 Å². The molecule has 0 aliphatic carbocycles.